The number of carbonyl (C=O) groups is 1. The largest absolute Gasteiger partial charge is 0.432 e. The van der Waals surface area contributed by atoms with E-state index in [1.165, 1.54) is 0 Å². The highest BCUT2D eigenvalue weighted by molar-refractivity contribution is 5.80. The summed E-state index contributed by atoms with van der Waals surface area (Å²) < 4.78 is 48.5. The second-order valence-corrected chi connectivity index (χ2v) is 25.9. The molecule has 4 saturated carbocycles. The molecule has 9 rings (SSSR count). The summed E-state index contributed by atoms with van der Waals surface area (Å²) in [5.41, 5.74) is -2.41. The highest BCUT2D eigenvalue weighted by Crippen LogP contribution is 2.76. The molecule has 0 radical (unpaired) electrons. The van der Waals surface area contributed by atoms with Gasteiger partial charge in [-0.1, -0.05) is 60.1 Å². The topological polar surface area (TPSA) is 374 Å². The van der Waals surface area contributed by atoms with Crippen LogP contribution < -0.4 is 0 Å². The van der Waals surface area contributed by atoms with Gasteiger partial charge in [0.2, 0.25) is 6.29 Å². The van der Waals surface area contributed by atoms with Crippen LogP contribution >= 0.6 is 0 Å². The van der Waals surface area contributed by atoms with E-state index in [2.05, 4.69) is 54.5 Å². The molecule has 0 unspecified atom stereocenters. The zero-order chi connectivity index (χ0) is 55.6. The minimum Gasteiger partial charge on any atom is -0.432 e. The van der Waals surface area contributed by atoms with Crippen molar-refractivity contribution < 1.29 is 114 Å². The lowest BCUT2D eigenvalue weighted by molar-refractivity contribution is -0.389. The Morgan fingerprint density at radius 3 is 1.66 bits per heavy atom. The molecule has 0 aromatic carbocycles. The van der Waals surface area contributed by atoms with Crippen molar-refractivity contribution in [1.82, 2.24) is 0 Å². The number of fused-ring (bicyclic) bond motifs is 7. The Morgan fingerprint density at radius 2 is 1.11 bits per heavy atom. The first-order valence-electron chi connectivity index (χ1n) is 27.3. The average Bonchev–Trinajstić information content (AvgIpc) is 3.47. The smallest absolute Gasteiger partial charge is 0.317 e. The molecule has 0 bridgehead atoms. The lowest BCUT2D eigenvalue weighted by atomic mass is 9.33. The number of esters is 1. The summed E-state index contributed by atoms with van der Waals surface area (Å²) in [6, 6.07) is 0. The van der Waals surface area contributed by atoms with Gasteiger partial charge in [0.15, 0.2) is 18.9 Å². The first-order valence-corrected chi connectivity index (χ1v) is 27.3. The van der Waals surface area contributed by atoms with Gasteiger partial charge in [0.25, 0.3) is 0 Å². The molecule has 0 amide bonds. The molecular weight excluding hydrogens is 1000 g/mol. The third-order valence-electron chi connectivity index (χ3n) is 21.1. The van der Waals surface area contributed by atoms with E-state index >= 15 is 0 Å². The van der Waals surface area contributed by atoms with Crippen molar-refractivity contribution in [2.24, 2.45) is 50.2 Å². The van der Waals surface area contributed by atoms with Gasteiger partial charge in [0.05, 0.1) is 38.6 Å². The van der Waals surface area contributed by atoms with E-state index < -0.39 is 183 Å². The lowest BCUT2D eigenvalue weighted by Gasteiger charge is -2.71. The molecule has 4 aliphatic heterocycles. The van der Waals surface area contributed by atoms with Crippen LogP contribution in [0.4, 0.5) is 0 Å². The van der Waals surface area contributed by atoms with E-state index in [9.17, 15) is 76.3 Å². The number of rotatable bonds is 11. The summed E-state index contributed by atoms with van der Waals surface area (Å²) in [7, 11) is 0. The maximum absolute atomic E-state index is 14.8. The van der Waals surface area contributed by atoms with Gasteiger partial charge in [0, 0.05) is 0 Å². The maximum atomic E-state index is 14.8. The van der Waals surface area contributed by atoms with Crippen LogP contribution in [0, 0.1) is 50.2 Å². The monoisotopic (exact) mass is 1090 g/mol. The number of ether oxygens (including phenoxy) is 8. The maximum Gasteiger partial charge on any atom is 0.317 e. The summed E-state index contributed by atoms with van der Waals surface area (Å²) in [6.07, 6.45) is -25.7. The highest BCUT2D eigenvalue weighted by atomic mass is 16.8. The quantitative estimate of drug-likeness (QED) is 0.0581. The van der Waals surface area contributed by atoms with Crippen molar-refractivity contribution in [2.75, 3.05) is 26.4 Å². The van der Waals surface area contributed by atoms with Gasteiger partial charge in [-0.2, -0.15) is 0 Å². The molecule has 28 atom stereocenters. The molecule has 4 heterocycles. The van der Waals surface area contributed by atoms with Gasteiger partial charge < -0.3 is 109 Å². The number of aliphatic hydroxyl groups is 14. The van der Waals surface area contributed by atoms with Crippen LogP contribution in [-0.2, 0) is 42.7 Å². The zero-order valence-corrected chi connectivity index (χ0v) is 44.6. The van der Waals surface area contributed by atoms with Crippen molar-refractivity contribution in [2.45, 2.75) is 235 Å². The molecule has 4 saturated heterocycles. The Morgan fingerprint density at radius 1 is 0.579 bits per heavy atom. The Labute approximate surface area is 442 Å². The normalized spacial score (nSPS) is 54.0. The van der Waals surface area contributed by atoms with E-state index in [1.807, 2.05) is 0 Å². The molecule has 5 aliphatic carbocycles. The summed E-state index contributed by atoms with van der Waals surface area (Å²) in [6.45, 7) is 12.8. The third kappa shape index (κ3) is 9.37. The Kier molecular flexibility index (Phi) is 16.5. The molecule has 23 heteroatoms. The molecule has 436 valence electrons. The van der Waals surface area contributed by atoms with Gasteiger partial charge in [-0.05, 0) is 103 Å². The fourth-order valence-electron chi connectivity index (χ4n) is 16.3. The van der Waals surface area contributed by atoms with Gasteiger partial charge in [-0.15, -0.1) is 0 Å². The Bertz CT molecular complexity index is 2090. The molecule has 8 fully saturated rings. The van der Waals surface area contributed by atoms with E-state index in [0.29, 0.717) is 38.5 Å². The standard InChI is InChI=1S/C53H86O23/c1-48(2)14-15-53(47(68)76-45-40(67)37(64)34(61)27(20-56)72-45)23(16-48)22-8-9-29-50(5)12-11-31(49(3,4)28(50)10-13-51(29,6)52(22,7)17-30(53)58)73-46-42(75-44-39(66)36(63)33(60)26(19-55)71-44)41(24(57)21-69-46)74-43-38(65)35(62)32(59)25(18-54)70-43/h8,23-46,54-67H,9-21H2,1-7H3/t23-,24+,25+,26+,27+,28-,29+,30+,31-,32+,33+,34+,35-,36-,37-,38+,39+,40+,41-,42+,43-,44-,45-,46-,50+,51-,52-,53-/m1/s1. The van der Waals surface area contributed by atoms with Crippen molar-refractivity contribution in [3.8, 4) is 0 Å². The summed E-state index contributed by atoms with van der Waals surface area (Å²) in [5, 5.41) is 150. The number of hydrogen-bond donors (Lipinski definition) is 14. The number of aliphatic hydroxyl groups excluding tert-OH is 14. The number of allylic oxidation sites excluding steroid dienone is 2. The van der Waals surface area contributed by atoms with Gasteiger partial charge in [-0.3, -0.25) is 4.79 Å². The molecule has 0 aromatic heterocycles. The Hall–Kier alpha value is -1.63. The van der Waals surface area contributed by atoms with Gasteiger partial charge >= 0.3 is 5.97 Å². The molecule has 76 heavy (non-hydrogen) atoms. The predicted molar refractivity (Wildman–Crippen MR) is 258 cm³/mol. The van der Waals surface area contributed by atoms with Crippen LogP contribution in [-0.4, -0.2) is 233 Å². The fourth-order valence-corrected chi connectivity index (χ4v) is 16.3. The highest BCUT2D eigenvalue weighted by Gasteiger charge is 2.72. The van der Waals surface area contributed by atoms with Crippen molar-refractivity contribution in [3.63, 3.8) is 0 Å². The van der Waals surface area contributed by atoms with Crippen LogP contribution in [0.1, 0.15) is 106 Å². The third-order valence-corrected chi connectivity index (χ3v) is 21.1. The van der Waals surface area contributed by atoms with Crippen molar-refractivity contribution in [3.05, 3.63) is 11.6 Å². The second-order valence-electron chi connectivity index (χ2n) is 25.9. The Balaban J connectivity index is 0.987. The minimum absolute atomic E-state index is 0.0327. The SMILES string of the molecule is CC1(C)CC[C@@]2(C(=O)O[C@H]3O[C@@H](CO)[C@H](O)[C@@H](O)[C@@H]3O)[C@H](C1)C1=CC[C@H]3[C@@]4(C)CC[C@@H](O[C@H]5OC[C@H](O)[C@@H](O[C@H]6O[C@@H](CO)[C@H](O)[C@@H](O)[C@@H]6O)[C@@H]5O[C@H]5O[C@@H](CO)[C@H](O)[C@@H](O)[C@@H]5O)C(C)(C)[C@H]4CC[C@@]3(C)[C@]1(C)C[C@@H]2O. The van der Waals surface area contributed by atoms with Crippen molar-refractivity contribution in [1.29, 1.82) is 0 Å². The summed E-state index contributed by atoms with van der Waals surface area (Å²) in [5.74, 6) is -1.10. The van der Waals surface area contributed by atoms with E-state index in [-0.39, 0.29) is 34.5 Å². The van der Waals surface area contributed by atoms with Crippen LogP contribution in [0.25, 0.3) is 0 Å². The molecule has 0 spiro atoms. The van der Waals surface area contributed by atoms with E-state index in [1.54, 1.807) is 0 Å². The van der Waals surface area contributed by atoms with Gasteiger partial charge in [-0.25, -0.2) is 0 Å². The van der Waals surface area contributed by atoms with Gasteiger partial charge in [0.1, 0.15) is 97.0 Å². The lowest BCUT2D eigenvalue weighted by Crippen LogP contribution is -2.68. The van der Waals surface area contributed by atoms with Crippen LogP contribution in [0.2, 0.25) is 0 Å². The molecule has 14 N–H and O–H groups in total. The molecule has 23 nitrogen and oxygen atoms in total. The predicted octanol–water partition coefficient (Wildman–Crippen LogP) is -2.43. The molecule has 0 aromatic rings. The summed E-state index contributed by atoms with van der Waals surface area (Å²) in [4.78, 5) is 14.8. The second kappa shape index (κ2) is 21.3. The first kappa shape index (κ1) is 59.0. The fraction of sp³-hybridized carbons (Fsp3) is 0.943. The van der Waals surface area contributed by atoms with E-state index in [0.717, 1.165) is 18.4 Å². The number of hydrogen-bond acceptors (Lipinski definition) is 23. The average molecular weight is 1090 g/mol. The number of carbonyl (C=O) groups excluding carboxylic acids is 1. The molecular formula is C53H86O23. The molecule has 9 aliphatic rings. The first-order chi connectivity index (χ1) is 35.6. The minimum atomic E-state index is -1.89. The zero-order valence-electron chi connectivity index (χ0n) is 44.6. The van der Waals surface area contributed by atoms with Crippen molar-refractivity contribution >= 4 is 5.97 Å². The summed E-state index contributed by atoms with van der Waals surface area (Å²) >= 11 is 0. The van der Waals surface area contributed by atoms with Crippen LogP contribution in [0.5, 0.6) is 0 Å². The van der Waals surface area contributed by atoms with E-state index in [4.69, 9.17) is 37.9 Å². The van der Waals surface area contributed by atoms with Crippen LogP contribution in [0.3, 0.4) is 0 Å². The van der Waals surface area contributed by atoms with Crippen LogP contribution in [0.15, 0.2) is 11.6 Å².